The number of carbonyl (C=O) groups is 1. The Bertz CT molecular complexity index is 807. The summed E-state index contributed by atoms with van der Waals surface area (Å²) in [5, 5.41) is 2.99. The summed E-state index contributed by atoms with van der Waals surface area (Å²) in [6.07, 6.45) is 2.32. The van der Waals surface area contributed by atoms with Gasteiger partial charge in [-0.25, -0.2) is 12.8 Å². The number of nitrogens with one attached hydrogen (secondary N) is 1. The van der Waals surface area contributed by atoms with Crippen molar-refractivity contribution in [3.8, 4) is 0 Å². The highest BCUT2D eigenvalue weighted by Crippen LogP contribution is 2.34. The van der Waals surface area contributed by atoms with Crippen molar-refractivity contribution in [2.45, 2.75) is 50.1 Å². The van der Waals surface area contributed by atoms with Crippen LogP contribution < -0.4 is 5.32 Å². The number of hydrogen-bond donors (Lipinski definition) is 1. The van der Waals surface area contributed by atoms with Crippen molar-refractivity contribution >= 4 is 15.9 Å². The van der Waals surface area contributed by atoms with E-state index in [4.69, 9.17) is 0 Å². The molecule has 0 spiro atoms. The zero-order valence-corrected chi connectivity index (χ0v) is 17.6. The maximum absolute atomic E-state index is 13.4. The molecule has 3 rings (SSSR count). The topological polar surface area (TPSA) is 69.7 Å². The van der Waals surface area contributed by atoms with Gasteiger partial charge in [0.05, 0.1) is 10.8 Å². The summed E-state index contributed by atoms with van der Waals surface area (Å²) in [5.74, 6) is -0.0861. The molecule has 0 radical (unpaired) electrons. The fourth-order valence-electron chi connectivity index (χ4n) is 4.45. The number of likely N-dealkylation sites (tertiary alicyclic amines) is 1. The van der Waals surface area contributed by atoms with Crippen molar-refractivity contribution in [2.75, 3.05) is 26.7 Å². The fraction of sp³-hybridized carbons (Fsp3) is 0.650. The first kappa shape index (κ1) is 21.2. The maximum Gasteiger partial charge on any atom is 0.243 e. The van der Waals surface area contributed by atoms with Gasteiger partial charge < -0.3 is 10.2 Å². The molecular weight excluding hydrogens is 381 g/mol. The van der Waals surface area contributed by atoms with E-state index in [0.29, 0.717) is 25.0 Å². The molecule has 2 aliphatic heterocycles. The molecule has 0 saturated carbocycles. The third kappa shape index (κ3) is 4.55. The highest BCUT2D eigenvalue weighted by atomic mass is 32.2. The molecule has 2 heterocycles. The number of halogens is 1. The molecular formula is C20H30FN3O3S. The molecule has 6 nitrogen and oxygen atoms in total. The minimum Gasteiger partial charge on any atom is -0.354 e. The number of carbonyl (C=O) groups excluding carboxylic acids is 1. The minimum atomic E-state index is -3.67. The molecule has 0 aliphatic carbocycles. The maximum atomic E-state index is 13.4. The van der Waals surface area contributed by atoms with Crippen LogP contribution in [0.2, 0.25) is 0 Å². The van der Waals surface area contributed by atoms with Gasteiger partial charge in [-0.1, -0.05) is 6.07 Å². The first-order chi connectivity index (χ1) is 13.2. The van der Waals surface area contributed by atoms with Crippen LogP contribution in [0.25, 0.3) is 0 Å². The second kappa shape index (κ2) is 8.47. The van der Waals surface area contributed by atoms with Gasteiger partial charge in [-0.05, 0) is 64.3 Å². The van der Waals surface area contributed by atoms with Gasteiger partial charge >= 0.3 is 0 Å². The molecule has 156 valence electrons. The van der Waals surface area contributed by atoms with Crippen LogP contribution in [-0.2, 0) is 14.8 Å². The second-order valence-electron chi connectivity index (χ2n) is 8.30. The Kier molecular flexibility index (Phi) is 6.41. The van der Waals surface area contributed by atoms with E-state index in [2.05, 4.69) is 10.2 Å². The van der Waals surface area contributed by atoms with Crippen LogP contribution in [0.1, 0.15) is 33.1 Å². The Morgan fingerprint density at radius 2 is 1.93 bits per heavy atom. The lowest BCUT2D eigenvalue weighted by Crippen LogP contribution is -2.43. The van der Waals surface area contributed by atoms with E-state index >= 15 is 0 Å². The van der Waals surface area contributed by atoms with E-state index in [1.807, 2.05) is 20.9 Å². The van der Waals surface area contributed by atoms with Crippen LogP contribution in [0, 0.1) is 17.7 Å². The van der Waals surface area contributed by atoms with E-state index in [-0.39, 0.29) is 22.8 Å². The SMILES string of the molecule is CC(C)NC(=O)[C@@H]1C[C@H](C2CCN(S(=O)(=O)c3cccc(F)c3)CC2)N(C)C1. The average molecular weight is 412 g/mol. The van der Waals surface area contributed by atoms with Gasteiger partial charge in [0.25, 0.3) is 0 Å². The smallest absolute Gasteiger partial charge is 0.243 e. The molecule has 28 heavy (non-hydrogen) atoms. The minimum absolute atomic E-state index is 0.00791. The number of piperidine rings is 1. The van der Waals surface area contributed by atoms with Crippen LogP contribution in [0.5, 0.6) is 0 Å². The Morgan fingerprint density at radius 1 is 1.25 bits per heavy atom. The van der Waals surface area contributed by atoms with Gasteiger partial charge in [0, 0.05) is 31.7 Å². The van der Waals surface area contributed by atoms with Gasteiger partial charge in [-0.15, -0.1) is 0 Å². The molecule has 1 N–H and O–H groups in total. The number of sulfonamides is 1. The van der Waals surface area contributed by atoms with Gasteiger partial charge in [-0.2, -0.15) is 4.31 Å². The largest absolute Gasteiger partial charge is 0.354 e. The van der Waals surface area contributed by atoms with E-state index in [0.717, 1.165) is 31.9 Å². The molecule has 1 amide bonds. The molecule has 0 bridgehead atoms. The van der Waals surface area contributed by atoms with E-state index < -0.39 is 15.8 Å². The molecule has 0 aromatic heterocycles. The predicted molar refractivity (Wildman–Crippen MR) is 106 cm³/mol. The molecule has 0 unspecified atom stereocenters. The van der Waals surface area contributed by atoms with Crippen LogP contribution in [0.15, 0.2) is 29.2 Å². The zero-order chi connectivity index (χ0) is 20.5. The van der Waals surface area contributed by atoms with Gasteiger partial charge in [-0.3, -0.25) is 4.79 Å². The lowest BCUT2D eigenvalue weighted by Gasteiger charge is -2.36. The third-order valence-corrected chi connectivity index (χ3v) is 7.77. The second-order valence-corrected chi connectivity index (χ2v) is 10.2. The number of hydrogen-bond acceptors (Lipinski definition) is 4. The van der Waals surface area contributed by atoms with Crippen LogP contribution >= 0.6 is 0 Å². The summed E-state index contributed by atoms with van der Waals surface area (Å²) in [6, 6.07) is 5.60. The van der Waals surface area contributed by atoms with E-state index in [1.165, 1.54) is 22.5 Å². The van der Waals surface area contributed by atoms with Crippen molar-refractivity contribution in [3.63, 3.8) is 0 Å². The van der Waals surface area contributed by atoms with Crippen molar-refractivity contribution < 1.29 is 17.6 Å². The lowest BCUT2D eigenvalue weighted by molar-refractivity contribution is -0.125. The quantitative estimate of drug-likeness (QED) is 0.805. The van der Waals surface area contributed by atoms with Gasteiger partial charge in [0.1, 0.15) is 5.82 Å². The third-order valence-electron chi connectivity index (χ3n) is 5.88. The monoisotopic (exact) mass is 411 g/mol. The standard InChI is InChI=1S/C20H30FN3O3S/c1-14(2)22-20(25)16-11-19(23(3)13-16)15-7-9-24(10-8-15)28(26,27)18-6-4-5-17(21)12-18/h4-6,12,14-16,19H,7-11,13H2,1-3H3,(H,22,25)/t16-,19-/m1/s1. The first-order valence-corrected chi connectivity index (χ1v) is 11.4. The average Bonchev–Trinajstić information content (AvgIpc) is 3.03. The summed E-state index contributed by atoms with van der Waals surface area (Å²) >= 11 is 0. The van der Waals surface area contributed by atoms with Crippen molar-refractivity contribution in [2.24, 2.45) is 11.8 Å². The predicted octanol–water partition coefficient (Wildman–Crippen LogP) is 2.07. The molecule has 1 aromatic rings. The van der Waals surface area contributed by atoms with Crippen LogP contribution in [0.4, 0.5) is 4.39 Å². The molecule has 2 fully saturated rings. The van der Waals surface area contributed by atoms with Crippen molar-refractivity contribution in [3.05, 3.63) is 30.1 Å². The summed E-state index contributed by atoms with van der Waals surface area (Å²) in [6.45, 7) is 5.52. The van der Waals surface area contributed by atoms with Gasteiger partial charge in [0.2, 0.25) is 15.9 Å². The van der Waals surface area contributed by atoms with Crippen molar-refractivity contribution in [1.29, 1.82) is 0 Å². The number of nitrogens with zero attached hydrogens (tertiary/aromatic N) is 2. The summed E-state index contributed by atoms with van der Waals surface area (Å²) < 4.78 is 40.4. The highest BCUT2D eigenvalue weighted by Gasteiger charge is 2.40. The normalized spacial score (nSPS) is 25.3. The van der Waals surface area contributed by atoms with Crippen molar-refractivity contribution in [1.82, 2.24) is 14.5 Å². The summed E-state index contributed by atoms with van der Waals surface area (Å²) in [5.41, 5.74) is 0. The van der Waals surface area contributed by atoms with E-state index in [9.17, 15) is 17.6 Å². The molecule has 2 saturated heterocycles. The zero-order valence-electron chi connectivity index (χ0n) is 16.8. The fourth-order valence-corrected chi connectivity index (χ4v) is 5.95. The Labute approximate surface area is 167 Å². The molecule has 1 aromatic carbocycles. The summed E-state index contributed by atoms with van der Waals surface area (Å²) in [7, 11) is -1.62. The molecule has 2 aliphatic rings. The van der Waals surface area contributed by atoms with E-state index in [1.54, 1.807) is 0 Å². The Morgan fingerprint density at radius 3 is 2.54 bits per heavy atom. The van der Waals surface area contributed by atoms with Gasteiger partial charge in [0.15, 0.2) is 0 Å². The number of benzene rings is 1. The van der Waals surface area contributed by atoms with Crippen LogP contribution in [-0.4, -0.2) is 62.3 Å². The van der Waals surface area contributed by atoms with Crippen LogP contribution in [0.3, 0.4) is 0 Å². The molecule has 8 heteroatoms. The summed E-state index contributed by atoms with van der Waals surface area (Å²) in [4.78, 5) is 14.6. The lowest BCUT2D eigenvalue weighted by atomic mass is 9.87. The first-order valence-electron chi connectivity index (χ1n) is 9.95. The Balaban J connectivity index is 1.60. The molecule has 2 atom stereocenters. The number of amides is 1. The highest BCUT2D eigenvalue weighted by molar-refractivity contribution is 7.89. The Hall–Kier alpha value is -1.51. The number of rotatable bonds is 5.